The fourth-order valence-corrected chi connectivity index (χ4v) is 5.81. The van der Waals surface area contributed by atoms with E-state index in [1.54, 1.807) is 24.8 Å². The molecule has 4 aromatic heterocycles. The van der Waals surface area contributed by atoms with Crippen molar-refractivity contribution < 1.29 is 0 Å². The van der Waals surface area contributed by atoms with Crippen molar-refractivity contribution in [1.29, 1.82) is 0 Å². The molecule has 4 aromatic carbocycles. The molecule has 0 spiro atoms. The topological polar surface area (TPSA) is 77.3 Å². The molecule has 0 unspecified atom stereocenters. The highest BCUT2D eigenvalue weighted by Crippen LogP contribution is 2.39. The Morgan fingerprint density at radius 2 is 0.767 bits per heavy atom. The summed E-state index contributed by atoms with van der Waals surface area (Å²) in [7, 11) is 0. The predicted octanol–water partition coefficient (Wildman–Crippen LogP) is 8.49. The Kier molecular flexibility index (Phi) is 5.90. The van der Waals surface area contributed by atoms with E-state index in [4.69, 9.17) is 9.97 Å². The van der Waals surface area contributed by atoms with Gasteiger partial charge in [0.2, 0.25) is 0 Å². The molecule has 0 radical (unpaired) electrons. The number of pyridine rings is 2. The van der Waals surface area contributed by atoms with Crippen LogP contribution in [0.3, 0.4) is 0 Å². The summed E-state index contributed by atoms with van der Waals surface area (Å²) in [6.45, 7) is 2.14. The van der Waals surface area contributed by atoms with Crippen LogP contribution in [0.25, 0.3) is 77.3 Å². The van der Waals surface area contributed by atoms with E-state index >= 15 is 0 Å². The Morgan fingerprint density at radius 1 is 0.372 bits per heavy atom. The van der Waals surface area contributed by atoms with Crippen LogP contribution in [0.15, 0.2) is 128 Å². The largest absolute Gasteiger partial charge is 0.248 e. The van der Waals surface area contributed by atoms with Crippen LogP contribution >= 0.6 is 0 Å². The minimum Gasteiger partial charge on any atom is -0.248 e. The molecule has 0 saturated carbocycles. The Bertz CT molecular complexity index is 2300. The van der Waals surface area contributed by atoms with Crippen LogP contribution in [0, 0.1) is 6.92 Å². The third-order valence-electron chi connectivity index (χ3n) is 7.89. The molecule has 0 aliphatic carbocycles. The first-order valence-electron chi connectivity index (χ1n) is 14.1. The van der Waals surface area contributed by atoms with E-state index in [0.717, 1.165) is 45.0 Å². The van der Waals surface area contributed by atoms with Gasteiger partial charge >= 0.3 is 0 Å². The monoisotopic (exact) mass is 552 g/mol. The van der Waals surface area contributed by atoms with E-state index in [1.165, 1.54) is 50.5 Å². The van der Waals surface area contributed by atoms with Gasteiger partial charge in [0.05, 0.1) is 22.8 Å². The highest BCUT2D eigenvalue weighted by molar-refractivity contribution is 6.26. The number of benzene rings is 4. The summed E-state index contributed by atoms with van der Waals surface area (Å²) in [5.41, 5.74) is 8.66. The molecule has 0 atom stereocenters. The van der Waals surface area contributed by atoms with E-state index in [2.05, 4.69) is 93.6 Å². The fourth-order valence-electron chi connectivity index (χ4n) is 5.81. The number of aryl methyl sites for hydroxylation is 1. The molecule has 202 valence electrons. The van der Waals surface area contributed by atoms with Crippen molar-refractivity contribution in [3.8, 4) is 45.0 Å². The smallest absolute Gasteiger partial charge is 0.115 e. The van der Waals surface area contributed by atoms with Gasteiger partial charge in [-0.05, 0) is 75.6 Å². The van der Waals surface area contributed by atoms with Gasteiger partial charge in [0, 0.05) is 47.0 Å². The van der Waals surface area contributed by atoms with Crippen molar-refractivity contribution >= 4 is 32.3 Å². The SMILES string of the molecule is Cc1ccc2c(c1)c1cc(-c3cccc(-c4cncnc4)n3)ccc1c1ccc(-c3cccc(-c4cncnc4)n3)cc12. The van der Waals surface area contributed by atoms with Crippen LogP contribution < -0.4 is 0 Å². The predicted molar refractivity (Wildman–Crippen MR) is 172 cm³/mol. The summed E-state index contributed by atoms with van der Waals surface area (Å²) < 4.78 is 0. The summed E-state index contributed by atoms with van der Waals surface area (Å²) >= 11 is 0. The fraction of sp³-hybridized carbons (Fsp3) is 0.0270. The zero-order valence-electron chi connectivity index (χ0n) is 23.3. The molecule has 0 bridgehead atoms. The first-order chi connectivity index (χ1) is 21.2. The molecular formula is C37H24N6. The zero-order chi connectivity index (χ0) is 28.8. The molecule has 0 N–H and O–H groups in total. The van der Waals surface area contributed by atoms with Crippen LogP contribution in [0.5, 0.6) is 0 Å². The highest BCUT2D eigenvalue weighted by Gasteiger charge is 2.13. The zero-order valence-corrected chi connectivity index (χ0v) is 23.3. The normalized spacial score (nSPS) is 11.4. The maximum absolute atomic E-state index is 4.96. The number of nitrogens with zero attached hydrogens (tertiary/aromatic N) is 6. The number of aromatic nitrogens is 6. The third kappa shape index (κ3) is 4.46. The van der Waals surface area contributed by atoms with Crippen molar-refractivity contribution in [3.05, 3.63) is 134 Å². The Balaban J connectivity index is 1.30. The lowest BCUT2D eigenvalue weighted by molar-refractivity contribution is 1.16. The first-order valence-corrected chi connectivity index (χ1v) is 14.1. The minimum atomic E-state index is 0.849. The van der Waals surface area contributed by atoms with Gasteiger partial charge in [-0.3, -0.25) is 0 Å². The second-order valence-corrected chi connectivity index (χ2v) is 10.6. The van der Waals surface area contributed by atoms with Crippen LogP contribution in [-0.4, -0.2) is 29.9 Å². The average Bonchev–Trinajstić information content (AvgIpc) is 3.09. The van der Waals surface area contributed by atoms with Crippen molar-refractivity contribution in [3.63, 3.8) is 0 Å². The van der Waals surface area contributed by atoms with E-state index in [9.17, 15) is 0 Å². The van der Waals surface area contributed by atoms with E-state index < -0.39 is 0 Å². The quantitative estimate of drug-likeness (QED) is 0.204. The number of hydrogen-bond acceptors (Lipinski definition) is 6. The number of fused-ring (bicyclic) bond motifs is 6. The van der Waals surface area contributed by atoms with Crippen LogP contribution in [0.2, 0.25) is 0 Å². The average molecular weight is 553 g/mol. The third-order valence-corrected chi connectivity index (χ3v) is 7.89. The van der Waals surface area contributed by atoms with Gasteiger partial charge in [0.1, 0.15) is 12.7 Å². The lowest BCUT2D eigenvalue weighted by atomic mass is 9.90. The molecule has 6 heteroatoms. The van der Waals surface area contributed by atoms with Crippen molar-refractivity contribution in [2.45, 2.75) is 6.92 Å². The molecule has 0 aliphatic rings. The van der Waals surface area contributed by atoms with Gasteiger partial charge in [0.25, 0.3) is 0 Å². The van der Waals surface area contributed by atoms with Crippen molar-refractivity contribution in [1.82, 2.24) is 29.9 Å². The number of hydrogen-bond donors (Lipinski definition) is 0. The maximum atomic E-state index is 4.96. The van der Waals surface area contributed by atoms with Crippen LogP contribution in [-0.2, 0) is 0 Å². The lowest BCUT2D eigenvalue weighted by Gasteiger charge is -2.14. The Morgan fingerprint density at radius 3 is 1.28 bits per heavy atom. The van der Waals surface area contributed by atoms with Gasteiger partial charge in [-0.1, -0.05) is 60.2 Å². The summed E-state index contributed by atoms with van der Waals surface area (Å²) in [6.07, 6.45) is 10.2. The van der Waals surface area contributed by atoms with Crippen molar-refractivity contribution in [2.24, 2.45) is 0 Å². The Hall–Kier alpha value is -5.88. The molecule has 0 fully saturated rings. The lowest BCUT2D eigenvalue weighted by Crippen LogP contribution is -1.91. The summed E-state index contributed by atoms with van der Waals surface area (Å²) in [4.78, 5) is 26.5. The van der Waals surface area contributed by atoms with E-state index in [0.29, 0.717) is 0 Å². The van der Waals surface area contributed by atoms with Gasteiger partial charge in [-0.25, -0.2) is 29.9 Å². The van der Waals surface area contributed by atoms with Crippen LogP contribution in [0.4, 0.5) is 0 Å². The molecule has 0 amide bonds. The van der Waals surface area contributed by atoms with Gasteiger partial charge in [0.15, 0.2) is 0 Å². The molecule has 8 aromatic rings. The highest BCUT2D eigenvalue weighted by atomic mass is 14.8. The van der Waals surface area contributed by atoms with Crippen molar-refractivity contribution in [2.75, 3.05) is 0 Å². The van der Waals surface area contributed by atoms with Gasteiger partial charge in [-0.2, -0.15) is 0 Å². The minimum absolute atomic E-state index is 0.849. The molecule has 0 saturated heterocycles. The summed E-state index contributed by atoms with van der Waals surface area (Å²) in [5.74, 6) is 0. The molecule has 4 heterocycles. The second kappa shape index (κ2) is 10.2. The summed E-state index contributed by atoms with van der Waals surface area (Å²) in [5, 5.41) is 7.25. The van der Waals surface area contributed by atoms with E-state index in [-0.39, 0.29) is 0 Å². The first kappa shape index (κ1) is 24.9. The van der Waals surface area contributed by atoms with Gasteiger partial charge in [-0.15, -0.1) is 0 Å². The van der Waals surface area contributed by atoms with Gasteiger partial charge < -0.3 is 0 Å². The summed E-state index contributed by atoms with van der Waals surface area (Å²) in [6, 6.07) is 32.2. The number of rotatable bonds is 4. The molecule has 43 heavy (non-hydrogen) atoms. The standard InChI is InChI=1S/C37H24N6/c1-23-8-11-30-31(14-23)33-16-25(35-5-3-7-37(43-35)27-19-40-22-41-20-27)10-13-29(33)28-12-9-24(15-32(28)30)34-4-2-6-36(42-34)26-17-38-21-39-18-26/h2-22H,1H3. The molecule has 8 rings (SSSR count). The Labute approximate surface area is 247 Å². The molecule has 6 nitrogen and oxygen atoms in total. The van der Waals surface area contributed by atoms with Crippen LogP contribution in [0.1, 0.15) is 5.56 Å². The second-order valence-electron chi connectivity index (χ2n) is 10.6. The molecular weight excluding hydrogens is 528 g/mol. The molecule has 0 aliphatic heterocycles. The maximum Gasteiger partial charge on any atom is 0.115 e. The van der Waals surface area contributed by atoms with E-state index in [1.807, 2.05) is 24.3 Å².